The predicted octanol–water partition coefficient (Wildman–Crippen LogP) is 3.73. The highest BCUT2D eigenvalue weighted by Gasteiger charge is 2.24. The van der Waals surface area contributed by atoms with Gasteiger partial charge < -0.3 is 9.84 Å². The van der Waals surface area contributed by atoms with E-state index in [0.717, 1.165) is 32.5 Å². The Balaban J connectivity index is 2.22. The molecule has 2 nitrogen and oxygen atoms in total. The highest BCUT2D eigenvalue weighted by molar-refractivity contribution is 9.10. The van der Waals surface area contributed by atoms with Crippen LogP contribution in [-0.4, -0.2) is 5.11 Å². The lowest BCUT2D eigenvalue weighted by Gasteiger charge is -2.14. The van der Waals surface area contributed by atoms with Gasteiger partial charge in [0.2, 0.25) is 0 Å². The Morgan fingerprint density at radius 3 is 2.83 bits per heavy atom. The van der Waals surface area contributed by atoms with E-state index in [1.54, 1.807) is 0 Å². The second kappa shape index (κ2) is 4.41. The summed E-state index contributed by atoms with van der Waals surface area (Å²) in [4.78, 5) is 0. The van der Waals surface area contributed by atoms with Gasteiger partial charge in [0.1, 0.15) is 18.5 Å². The van der Waals surface area contributed by atoms with E-state index in [-0.39, 0.29) is 0 Å². The lowest BCUT2D eigenvalue weighted by atomic mass is 9.96. The van der Waals surface area contributed by atoms with Crippen molar-refractivity contribution in [3.8, 4) is 5.75 Å². The van der Waals surface area contributed by atoms with Crippen molar-refractivity contribution >= 4 is 15.9 Å². The summed E-state index contributed by atoms with van der Waals surface area (Å²) in [7, 11) is 0. The summed E-state index contributed by atoms with van der Waals surface area (Å²) in [6.07, 6.45) is -0.630. The highest BCUT2D eigenvalue weighted by Crippen LogP contribution is 2.40. The monoisotopic (exact) mass is 304 g/mol. The van der Waals surface area contributed by atoms with Crippen LogP contribution in [0.2, 0.25) is 0 Å². The summed E-state index contributed by atoms with van der Waals surface area (Å²) < 4.78 is 6.72. The molecule has 3 rings (SSSR count). The molecule has 0 radical (unpaired) electrons. The fraction of sp³-hybridized carbons (Fsp3) is 0.200. The van der Waals surface area contributed by atoms with Crippen LogP contribution in [0.1, 0.15) is 28.4 Å². The maximum Gasteiger partial charge on any atom is 0.140 e. The number of rotatable bonds is 0. The maximum atomic E-state index is 10.5. The number of aliphatic hydroxyl groups is 1. The maximum absolute atomic E-state index is 10.5. The molecule has 0 fully saturated rings. The summed E-state index contributed by atoms with van der Waals surface area (Å²) in [5.41, 5.74) is 3.88. The summed E-state index contributed by atoms with van der Waals surface area (Å²) >= 11 is 3.50. The van der Waals surface area contributed by atoms with Gasteiger partial charge in [-0.15, -0.1) is 0 Å². The molecular formula is C15H13BrO2. The molecule has 0 aromatic heterocycles. The average molecular weight is 305 g/mol. The number of halogens is 1. The van der Waals surface area contributed by atoms with Crippen LogP contribution in [0.4, 0.5) is 0 Å². The van der Waals surface area contributed by atoms with Crippen molar-refractivity contribution in [3.05, 3.63) is 63.1 Å². The Morgan fingerprint density at radius 1 is 1.22 bits per heavy atom. The zero-order valence-electron chi connectivity index (χ0n) is 9.98. The third-order valence-corrected chi connectivity index (χ3v) is 3.82. The van der Waals surface area contributed by atoms with Crippen LogP contribution in [0.5, 0.6) is 5.75 Å². The van der Waals surface area contributed by atoms with Gasteiger partial charge >= 0.3 is 0 Å². The van der Waals surface area contributed by atoms with Crippen LogP contribution in [0.25, 0.3) is 0 Å². The number of fused-ring (bicyclic) bond motifs is 2. The SMILES string of the molecule is Cc1cc(Br)c2c(c1)C(O)c1ccccc1CO2. The highest BCUT2D eigenvalue weighted by atomic mass is 79.9. The first-order chi connectivity index (χ1) is 8.66. The van der Waals surface area contributed by atoms with Gasteiger partial charge in [-0.3, -0.25) is 0 Å². The van der Waals surface area contributed by atoms with Crippen molar-refractivity contribution in [2.75, 3.05) is 0 Å². The number of hydrogen-bond donors (Lipinski definition) is 1. The van der Waals surface area contributed by atoms with Crippen molar-refractivity contribution in [2.45, 2.75) is 19.6 Å². The van der Waals surface area contributed by atoms with Crippen LogP contribution in [-0.2, 0) is 6.61 Å². The van der Waals surface area contributed by atoms with E-state index in [9.17, 15) is 5.11 Å². The molecule has 0 spiro atoms. The normalized spacial score (nSPS) is 17.4. The Kier molecular flexibility index (Phi) is 2.88. The van der Waals surface area contributed by atoms with Gasteiger partial charge in [0.15, 0.2) is 0 Å². The van der Waals surface area contributed by atoms with Crippen LogP contribution < -0.4 is 4.74 Å². The first-order valence-electron chi connectivity index (χ1n) is 5.85. The minimum Gasteiger partial charge on any atom is -0.487 e. The van der Waals surface area contributed by atoms with E-state index < -0.39 is 6.10 Å². The topological polar surface area (TPSA) is 29.5 Å². The predicted molar refractivity (Wildman–Crippen MR) is 73.7 cm³/mol. The molecule has 92 valence electrons. The van der Waals surface area contributed by atoms with Crippen molar-refractivity contribution in [2.24, 2.45) is 0 Å². The number of benzene rings is 2. The molecule has 2 aromatic carbocycles. The molecule has 1 unspecified atom stereocenters. The number of hydrogen-bond acceptors (Lipinski definition) is 2. The molecule has 2 aromatic rings. The Labute approximate surface area is 114 Å². The minimum atomic E-state index is -0.630. The molecule has 18 heavy (non-hydrogen) atoms. The number of ether oxygens (including phenoxy) is 1. The van der Waals surface area contributed by atoms with E-state index in [4.69, 9.17) is 4.74 Å². The molecule has 0 saturated heterocycles. The second-order valence-corrected chi connectivity index (χ2v) is 5.41. The lowest BCUT2D eigenvalue weighted by molar-refractivity contribution is 0.218. The van der Waals surface area contributed by atoms with E-state index >= 15 is 0 Å². The minimum absolute atomic E-state index is 0.488. The smallest absolute Gasteiger partial charge is 0.140 e. The van der Waals surface area contributed by atoms with Gasteiger partial charge in [-0.05, 0) is 51.7 Å². The molecule has 1 heterocycles. The van der Waals surface area contributed by atoms with Gasteiger partial charge in [-0.25, -0.2) is 0 Å². The molecule has 1 aliphatic heterocycles. The third-order valence-electron chi connectivity index (χ3n) is 3.23. The summed E-state index contributed by atoms with van der Waals surface area (Å²) in [5.74, 6) is 0.740. The van der Waals surface area contributed by atoms with Crippen LogP contribution in [0, 0.1) is 6.92 Å². The molecule has 3 heteroatoms. The summed E-state index contributed by atoms with van der Waals surface area (Å²) in [6, 6.07) is 11.8. The van der Waals surface area contributed by atoms with E-state index in [1.165, 1.54) is 0 Å². The van der Waals surface area contributed by atoms with Gasteiger partial charge in [0, 0.05) is 5.56 Å². The van der Waals surface area contributed by atoms with Crippen LogP contribution in [0.15, 0.2) is 40.9 Å². The number of aryl methyl sites for hydroxylation is 1. The third kappa shape index (κ3) is 1.84. The van der Waals surface area contributed by atoms with E-state index in [1.807, 2.05) is 43.3 Å². The fourth-order valence-electron chi connectivity index (χ4n) is 2.36. The lowest BCUT2D eigenvalue weighted by Crippen LogP contribution is -2.01. The van der Waals surface area contributed by atoms with E-state index in [0.29, 0.717) is 6.61 Å². The zero-order valence-corrected chi connectivity index (χ0v) is 11.6. The molecule has 0 amide bonds. The average Bonchev–Trinajstić information content (AvgIpc) is 2.49. The standard InChI is InChI=1S/C15H13BrO2/c1-9-6-12-14(17)11-5-3-2-4-10(11)8-18-15(12)13(16)7-9/h2-7,14,17H,8H2,1H3. The fourth-order valence-corrected chi connectivity index (χ4v) is 3.07. The van der Waals surface area contributed by atoms with Crippen LogP contribution in [0.3, 0.4) is 0 Å². The van der Waals surface area contributed by atoms with Crippen molar-refractivity contribution in [1.29, 1.82) is 0 Å². The summed E-state index contributed by atoms with van der Waals surface area (Å²) in [6.45, 7) is 2.50. The molecule has 1 aliphatic rings. The number of aliphatic hydroxyl groups excluding tert-OH is 1. The summed E-state index contributed by atoms with van der Waals surface area (Å²) in [5, 5.41) is 10.5. The molecular weight excluding hydrogens is 292 g/mol. The van der Waals surface area contributed by atoms with Crippen molar-refractivity contribution in [3.63, 3.8) is 0 Å². The molecule has 0 bridgehead atoms. The second-order valence-electron chi connectivity index (χ2n) is 4.56. The zero-order chi connectivity index (χ0) is 12.7. The van der Waals surface area contributed by atoms with Crippen molar-refractivity contribution < 1.29 is 9.84 Å². The van der Waals surface area contributed by atoms with E-state index in [2.05, 4.69) is 15.9 Å². The first kappa shape index (κ1) is 11.8. The molecule has 1 N–H and O–H groups in total. The van der Waals surface area contributed by atoms with Gasteiger partial charge in [-0.2, -0.15) is 0 Å². The Morgan fingerprint density at radius 2 is 2.00 bits per heavy atom. The Hall–Kier alpha value is -1.32. The first-order valence-corrected chi connectivity index (χ1v) is 6.65. The van der Waals surface area contributed by atoms with Gasteiger partial charge in [-0.1, -0.05) is 24.3 Å². The van der Waals surface area contributed by atoms with Crippen LogP contribution >= 0.6 is 15.9 Å². The van der Waals surface area contributed by atoms with Crippen molar-refractivity contribution in [1.82, 2.24) is 0 Å². The quantitative estimate of drug-likeness (QED) is 0.803. The molecule has 1 atom stereocenters. The molecule has 0 aliphatic carbocycles. The van der Waals surface area contributed by atoms with Gasteiger partial charge in [0.25, 0.3) is 0 Å². The largest absolute Gasteiger partial charge is 0.487 e. The van der Waals surface area contributed by atoms with Gasteiger partial charge in [0.05, 0.1) is 4.47 Å². The molecule has 0 saturated carbocycles. The Bertz CT molecular complexity index is 607.